The molecule has 0 radical (unpaired) electrons. The molecule has 0 saturated carbocycles. The average molecular weight is 319 g/mol. The summed E-state index contributed by atoms with van der Waals surface area (Å²) >= 11 is 2.55. The van der Waals surface area contributed by atoms with Gasteiger partial charge in [-0.2, -0.15) is 5.26 Å². The van der Waals surface area contributed by atoms with E-state index in [0.717, 1.165) is 5.69 Å². The number of carbonyl (C=O) groups is 1. The number of thioether (sulfide) groups is 1. The summed E-state index contributed by atoms with van der Waals surface area (Å²) in [5, 5.41) is 16.7. The van der Waals surface area contributed by atoms with Crippen LogP contribution in [0.4, 0.5) is 10.8 Å². The smallest absolute Gasteiger partial charge is 0.237 e. The first-order valence-electron chi connectivity index (χ1n) is 6.15. The van der Waals surface area contributed by atoms with Crippen molar-refractivity contribution in [2.24, 2.45) is 0 Å². The van der Waals surface area contributed by atoms with Crippen LogP contribution in [-0.2, 0) is 4.79 Å². The monoisotopic (exact) mass is 319 g/mol. The first kappa shape index (κ1) is 15.3. The molecule has 1 aromatic carbocycles. The summed E-state index contributed by atoms with van der Waals surface area (Å²) in [4.78, 5) is 14.0. The number of nitrogens with two attached hydrogens (primary N) is 1. The molecule has 0 atom stereocenters. The maximum Gasteiger partial charge on any atom is 0.237 e. The van der Waals surface area contributed by atoms with E-state index in [1.54, 1.807) is 4.90 Å². The zero-order valence-corrected chi connectivity index (χ0v) is 12.7. The van der Waals surface area contributed by atoms with E-state index in [0.29, 0.717) is 16.0 Å². The first-order chi connectivity index (χ1) is 10.2. The number of benzene rings is 1. The second-order valence-corrected chi connectivity index (χ2v) is 6.22. The standard InChI is InChI=1S/C13H13N5OS2/c14-7-4-8-18(10-5-2-1-3-6-10)11(19)9-20-13-17-16-12(15)21-13/h1-3,5-6H,4,8-9H2,(H2,15,16). The van der Waals surface area contributed by atoms with Crippen LogP contribution in [-0.4, -0.2) is 28.4 Å². The first-order valence-corrected chi connectivity index (χ1v) is 7.95. The van der Waals surface area contributed by atoms with Gasteiger partial charge in [-0.15, -0.1) is 10.2 Å². The maximum atomic E-state index is 12.4. The van der Waals surface area contributed by atoms with Gasteiger partial charge in [-0.05, 0) is 12.1 Å². The van der Waals surface area contributed by atoms with Gasteiger partial charge in [-0.1, -0.05) is 41.3 Å². The minimum absolute atomic E-state index is 0.0739. The van der Waals surface area contributed by atoms with Crippen molar-refractivity contribution < 1.29 is 4.79 Å². The second-order valence-electron chi connectivity index (χ2n) is 3.98. The summed E-state index contributed by atoms with van der Waals surface area (Å²) in [5.41, 5.74) is 6.29. The van der Waals surface area contributed by atoms with Crippen molar-refractivity contribution in [2.75, 3.05) is 22.9 Å². The number of para-hydroxylation sites is 1. The molecule has 21 heavy (non-hydrogen) atoms. The highest BCUT2D eigenvalue weighted by atomic mass is 32.2. The van der Waals surface area contributed by atoms with E-state index in [-0.39, 0.29) is 18.1 Å². The number of aromatic nitrogens is 2. The van der Waals surface area contributed by atoms with E-state index in [4.69, 9.17) is 11.0 Å². The van der Waals surface area contributed by atoms with E-state index in [1.807, 2.05) is 30.3 Å². The topological polar surface area (TPSA) is 95.9 Å². The van der Waals surface area contributed by atoms with Gasteiger partial charge >= 0.3 is 0 Å². The van der Waals surface area contributed by atoms with Crippen molar-refractivity contribution in [1.82, 2.24) is 10.2 Å². The lowest BCUT2D eigenvalue weighted by atomic mass is 10.2. The van der Waals surface area contributed by atoms with Crippen LogP contribution in [0.3, 0.4) is 0 Å². The van der Waals surface area contributed by atoms with Gasteiger partial charge in [0, 0.05) is 12.2 Å². The molecule has 0 unspecified atom stereocenters. The second kappa shape index (κ2) is 7.61. The highest BCUT2D eigenvalue weighted by molar-refractivity contribution is 8.01. The highest BCUT2D eigenvalue weighted by Gasteiger charge is 2.16. The molecule has 0 fully saturated rings. The molecule has 0 bridgehead atoms. The Hall–Kier alpha value is -2.11. The van der Waals surface area contributed by atoms with Crippen molar-refractivity contribution in [3.63, 3.8) is 0 Å². The Morgan fingerprint density at radius 1 is 1.38 bits per heavy atom. The van der Waals surface area contributed by atoms with E-state index in [9.17, 15) is 4.79 Å². The number of nitrogen functional groups attached to an aromatic ring is 1. The van der Waals surface area contributed by atoms with Gasteiger partial charge in [0.2, 0.25) is 11.0 Å². The molecule has 6 nitrogen and oxygen atoms in total. The molecular weight excluding hydrogens is 306 g/mol. The van der Waals surface area contributed by atoms with Crippen molar-refractivity contribution in [2.45, 2.75) is 10.8 Å². The summed E-state index contributed by atoms with van der Waals surface area (Å²) in [6, 6.07) is 11.4. The van der Waals surface area contributed by atoms with Gasteiger partial charge < -0.3 is 10.6 Å². The fraction of sp³-hybridized carbons (Fsp3) is 0.231. The lowest BCUT2D eigenvalue weighted by Crippen LogP contribution is -2.33. The molecule has 108 valence electrons. The number of amides is 1. The Kier molecular flexibility index (Phi) is 5.54. The van der Waals surface area contributed by atoms with E-state index < -0.39 is 0 Å². The predicted octanol–water partition coefficient (Wildman–Crippen LogP) is 2.16. The van der Waals surface area contributed by atoms with Crippen LogP contribution >= 0.6 is 23.1 Å². The fourth-order valence-corrected chi connectivity index (χ4v) is 3.16. The number of nitrogens with zero attached hydrogens (tertiary/aromatic N) is 4. The van der Waals surface area contributed by atoms with E-state index in [1.165, 1.54) is 23.1 Å². The molecule has 0 spiro atoms. The Morgan fingerprint density at radius 2 is 2.14 bits per heavy atom. The minimum Gasteiger partial charge on any atom is -0.374 e. The third-order valence-electron chi connectivity index (χ3n) is 2.56. The molecule has 0 saturated heterocycles. The number of anilines is 2. The number of nitriles is 1. The average Bonchev–Trinajstić information content (AvgIpc) is 2.92. The van der Waals surface area contributed by atoms with E-state index in [2.05, 4.69) is 16.3 Å². The zero-order chi connectivity index (χ0) is 15.1. The van der Waals surface area contributed by atoms with E-state index >= 15 is 0 Å². The molecule has 2 N–H and O–H groups in total. The van der Waals surface area contributed by atoms with Crippen LogP contribution in [0.5, 0.6) is 0 Å². The van der Waals surface area contributed by atoms with Crippen molar-refractivity contribution >= 4 is 39.8 Å². The Morgan fingerprint density at radius 3 is 2.76 bits per heavy atom. The van der Waals surface area contributed by atoms with Crippen LogP contribution in [0.1, 0.15) is 6.42 Å². The van der Waals surface area contributed by atoms with Crippen LogP contribution in [0, 0.1) is 11.3 Å². The van der Waals surface area contributed by atoms with Crippen LogP contribution in [0.2, 0.25) is 0 Å². The Bertz CT molecular complexity index is 638. The third kappa shape index (κ3) is 4.44. The van der Waals surface area contributed by atoms with Gasteiger partial charge in [0.1, 0.15) is 0 Å². The molecule has 8 heteroatoms. The number of carbonyl (C=O) groups excluding carboxylic acids is 1. The lowest BCUT2D eigenvalue weighted by molar-refractivity contribution is -0.116. The lowest BCUT2D eigenvalue weighted by Gasteiger charge is -2.21. The van der Waals surface area contributed by atoms with Crippen LogP contribution < -0.4 is 10.6 Å². The van der Waals surface area contributed by atoms with Crippen LogP contribution in [0.15, 0.2) is 34.7 Å². The largest absolute Gasteiger partial charge is 0.374 e. The van der Waals surface area contributed by atoms with Crippen LogP contribution in [0.25, 0.3) is 0 Å². The van der Waals surface area contributed by atoms with Crippen molar-refractivity contribution in [1.29, 1.82) is 5.26 Å². The Labute approximate surface area is 130 Å². The summed E-state index contributed by atoms with van der Waals surface area (Å²) in [6.07, 6.45) is 0.289. The van der Waals surface area contributed by atoms with Crippen molar-refractivity contribution in [3.8, 4) is 6.07 Å². The summed E-state index contributed by atoms with van der Waals surface area (Å²) < 4.78 is 0.661. The quantitative estimate of drug-likeness (QED) is 0.820. The number of rotatable bonds is 6. The fourth-order valence-electron chi connectivity index (χ4n) is 1.65. The molecule has 0 aliphatic heterocycles. The summed E-state index contributed by atoms with van der Waals surface area (Å²) in [5.74, 6) is 0.157. The van der Waals surface area contributed by atoms with Gasteiger partial charge in [-0.25, -0.2) is 0 Å². The van der Waals surface area contributed by atoms with Gasteiger partial charge in [-0.3, -0.25) is 4.79 Å². The Balaban J connectivity index is 2.02. The molecular formula is C13H13N5OS2. The molecule has 2 aromatic rings. The molecule has 0 aliphatic rings. The maximum absolute atomic E-state index is 12.4. The third-order valence-corrected chi connectivity index (χ3v) is 4.43. The molecule has 1 heterocycles. The number of hydrogen-bond acceptors (Lipinski definition) is 7. The zero-order valence-electron chi connectivity index (χ0n) is 11.1. The summed E-state index contributed by atoms with van der Waals surface area (Å²) in [7, 11) is 0. The van der Waals surface area contributed by atoms with Gasteiger partial charge in [0.25, 0.3) is 0 Å². The number of hydrogen-bond donors (Lipinski definition) is 1. The molecule has 0 aliphatic carbocycles. The summed E-state index contributed by atoms with van der Waals surface area (Å²) in [6.45, 7) is 0.373. The molecule has 1 aromatic heterocycles. The SMILES string of the molecule is N#CCCN(C(=O)CSc1nnc(N)s1)c1ccccc1. The van der Waals surface area contributed by atoms with Crippen molar-refractivity contribution in [3.05, 3.63) is 30.3 Å². The predicted molar refractivity (Wildman–Crippen MR) is 84.1 cm³/mol. The normalized spacial score (nSPS) is 10.0. The van der Waals surface area contributed by atoms with Gasteiger partial charge in [0.05, 0.1) is 18.2 Å². The molecule has 2 rings (SSSR count). The molecule has 1 amide bonds. The minimum atomic E-state index is -0.0739. The van der Waals surface area contributed by atoms with Gasteiger partial charge in [0.15, 0.2) is 4.34 Å². The highest BCUT2D eigenvalue weighted by Crippen LogP contribution is 2.24.